The van der Waals surface area contributed by atoms with Crippen LogP contribution in [0.3, 0.4) is 0 Å². The highest BCUT2D eigenvalue weighted by atomic mass is 35.5. The van der Waals surface area contributed by atoms with Crippen molar-refractivity contribution in [2.24, 2.45) is 5.92 Å². The summed E-state index contributed by atoms with van der Waals surface area (Å²) in [6.07, 6.45) is 1.42. The Balaban J connectivity index is 2.16. The van der Waals surface area contributed by atoms with Gasteiger partial charge in [0, 0.05) is 0 Å². The molecule has 1 nitrogen and oxygen atoms in total. The highest BCUT2D eigenvalue weighted by Crippen LogP contribution is 2.28. The number of rotatable bonds is 6. The lowest BCUT2D eigenvalue weighted by Gasteiger charge is -2.18. The topological polar surface area (TPSA) is 12.0 Å². The first kappa shape index (κ1) is 16.3. The van der Waals surface area contributed by atoms with Crippen LogP contribution in [0.1, 0.15) is 11.1 Å². The van der Waals surface area contributed by atoms with Crippen molar-refractivity contribution in [1.29, 1.82) is 0 Å². The molecule has 0 spiro atoms. The lowest BCUT2D eigenvalue weighted by atomic mass is 9.92. The minimum absolute atomic E-state index is 0.157. The van der Waals surface area contributed by atoms with E-state index in [9.17, 15) is 4.39 Å². The van der Waals surface area contributed by atoms with Gasteiger partial charge in [0.25, 0.3) is 0 Å². The zero-order valence-electron chi connectivity index (χ0n) is 11.9. The fourth-order valence-corrected chi connectivity index (χ4v) is 2.89. The molecule has 112 valence electrons. The molecule has 0 aromatic heterocycles. The van der Waals surface area contributed by atoms with Crippen molar-refractivity contribution < 1.29 is 4.39 Å². The molecule has 2 aromatic rings. The highest BCUT2D eigenvalue weighted by molar-refractivity contribution is 6.42. The Morgan fingerprint density at radius 2 is 1.67 bits per heavy atom. The monoisotopic (exact) mass is 325 g/mol. The molecule has 1 atom stereocenters. The van der Waals surface area contributed by atoms with Crippen molar-refractivity contribution in [2.45, 2.75) is 12.8 Å². The Morgan fingerprint density at radius 1 is 1.00 bits per heavy atom. The average molecular weight is 326 g/mol. The fourth-order valence-electron chi connectivity index (χ4n) is 2.50. The minimum Gasteiger partial charge on any atom is -0.319 e. The third-order valence-electron chi connectivity index (χ3n) is 3.50. The lowest BCUT2D eigenvalue weighted by molar-refractivity contribution is 0.480. The van der Waals surface area contributed by atoms with Gasteiger partial charge in [0.1, 0.15) is 5.82 Å². The number of nitrogens with one attached hydrogen (secondary N) is 1. The Hall–Kier alpha value is -1.09. The zero-order chi connectivity index (χ0) is 15.2. The molecule has 21 heavy (non-hydrogen) atoms. The van der Waals surface area contributed by atoms with Gasteiger partial charge in [-0.3, -0.25) is 0 Å². The van der Waals surface area contributed by atoms with Crippen LogP contribution in [0, 0.1) is 11.7 Å². The molecule has 0 aliphatic carbocycles. The Labute approximate surface area is 135 Å². The molecule has 1 unspecified atom stereocenters. The molecule has 0 fully saturated rings. The second kappa shape index (κ2) is 7.79. The summed E-state index contributed by atoms with van der Waals surface area (Å²) in [6, 6.07) is 12.5. The SMILES string of the molecule is CNCC(Cc1ccccc1F)Cc1cccc(Cl)c1Cl. The molecule has 1 N–H and O–H groups in total. The van der Waals surface area contributed by atoms with Gasteiger partial charge in [-0.25, -0.2) is 4.39 Å². The van der Waals surface area contributed by atoms with Gasteiger partial charge in [-0.2, -0.15) is 0 Å². The van der Waals surface area contributed by atoms with E-state index >= 15 is 0 Å². The van der Waals surface area contributed by atoms with E-state index < -0.39 is 0 Å². The Kier molecular flexibility index (Phi) is 6.04. The molecule has 0 heterocycles. The van der Waals surface area contributed by atoms with Crippen molar-refractivity contribution in [3.63, 3.8) is 0 Å². The third kappa shape index (κ3) is 4.44. The van der Waals surface area contributed by atoms with Crippen LogP contribution in [0.4, 0.5) is 4.39 Å². The van der Waals surface area contributed by atoms with Crippen LogP contribution in [0.25, 0.3) is 0 Å². The molecule has 0 saturated heterocycles. The molecular formula is C17H18Cl2FN. The first-order valence-corrected chi connectivity index (χ1v) is 7.68. The van der Waals surface area contributed by atoms with E-state index in [1.165, 1.54) is 6.07 Å². The van der Waals surface area contributed by atoms with Crippen molar-refractivity contribution in [3.05, 3.63) is 69.5 Å². The van der Waals surface area contributed by atoms with Crippen LogP contribution in [-0.2, 0) is 12.8 Å². The van der Waals surface area contributed by atoms with Gasteiger partial charge in [-0.15, -0.1) is 0 Å². The van der Waals surface area contributed by atoms with E-state index in [0.717, 1.165) is 24.1 Å². The highest BCUT2D eigenvalue weighted by Gasteiger charge is 2.15. The van der Waals surface area contributed by atoms with E-state index in [-0.39, 0.29) is 11.7 Å². The van der Waals surface area contributed by atoms with Crippen molar-refractivity contribution >= 4 is 23.2 Å². The maximum absolute atomic E-state index is 13.8. The number of halogens is 3. The van der Waals surface area contributed by atoms with Gasteiger partial charge in [0.15, 0.2) is 0 Å². The van der Waals surface area contributed by atoms with Gasteiger partial charge in [0.05, 0.1) is 10.0 Å². The summed E-state index contributed by atoms with van der Waals surface area (Å²) in [5.41, 5.74) is 1.73. The summed E-state index contributed by atoms with van der Waals surface area (Å²) in [4.78, 5) is 0. The predicted molar refractivity (Wildman–Crippen MR) is 87.7 cm³/mol. The Morgan fingerprint density at radius 3 is 2.38 bits per heavy atom. The van der Waals surface area contributed by atoms with Crippen LogP contribution >= 0.6 is 23.2 Å². The van der Waals surface area contributed by atoms with E-state index in [4.69, 9.17) is 23.2 Å². The third-order valence-corrected chi connectivity index (χ3v) is 4.36. The van der Waals surface area contributed by atoms with Gasteiger partial charge in [0.2, 0.25) is 0 Å². The maximum Gasteiger partial charge on any atom is 0.126 e. The smallest absolute Gasteiger partial charge is 0.126 e. The first-order valence-electron chi connectivity index (χ1n) is 6.92. The second-order valence-electron chi connectivity index (χ2n) is 5.14. The van der Waals surface area contributed by atoms with Crippen molar-refractivity contribution in [3.8, 4) is 0 Å². The molecular weight excluding hydrogens is 308 g/mol. The normalized spacial score (nSPS) is 12.4. The molecule has 2 aromatic carbocycles. The molecule has 0 aliphatic rings. The lowest BCUT2D eigenvalue weighted by Crippen LogP contribution is -2.23. The minimum atomic E-state index is -0.157. The van der Waals surface area contributed by atoms with E-state index in [2.05, 4.69) is 5.32 Å². The molecule has 0 saturated carbocycles. The van der Waals surface area contributed by atoms with Crippen molar-refractivity contribution in [2.75, 3.05) is 13.6 Å². The first-order chi connectivity index (χ1) is 10.1. The maximum atomic E-state index is 13.8. The molecule has 4 heteroatoms. The summed E-state index contributed by atoms with van der Waals surface area (Å²) in [6.45, 7) is 0.789. The van der Waals surface area contributed by atoms with Crippen LogP contribution in [-0.4, -0.2) is 13.6 Å². The van der Waals surface area contributed by atoms with Crippen LogP contribution in [0.2, 0.25) is 10.0 Å². The number of hydrogen-bond acceptors (Lipinski definition) is 1. The summed E-state index contributed by atoms with van der Waals surface area (Å²) in [5, 5.41) is 4.31. The van der Waals surface area contributed by atoms with Crippen LogP contribution in [0.15, 0.2) is 42.5 Å². The number of hydrogen-bond donors (Lipinski definition) is 1. The van der Waals surface area contributed by atoms with E-state index in [1.807, 2.05) is 31.3 Å². The fraction of sp³-hybridized carbons (Fsp3) is 0.294. The standard InChI is InChI=1S/C17H18Cl2FN/c1-21-11-12(9-13-5-2-3-8-16(13)20)10-14-6-4-7-15(18)17(14)19/h2-8,12,21H,9-11H2,1H3. The predicted octanol–water partition coefficient (Wildman–Crippen LogP) is 4.75. The molecule has 0 bridgehead atoms. The average Bonchev–Trinajstić information content (AvgIpc) is 2.46. The van der Waals surface area contributed by atoms with Gasteiger partial charge in [-0.1, -0.05) is 53.5 Å². The van der Waals surface area contributed by atoms with E-state index in [1.54, 1.807) is 12.1 Å². The Bertz CT molecular complexity index is 601. The summed E-state index contributed by atoms with van der Waals surface area (Å²) in [7, 11) is 1.90. The largest absolute Gasteiger partial charge is 0.319 e. The molecule has 0 aliphatic heterocycles. The summed E-state index contributed by atoms with van der Waals surface area (Å²) >= 11 is 12.3. The zero-order valence-corrected chi connectivity index (χ0v) is 13.4. The van der Waals surface area contributed by atoms with Gasteiger partial charge < -0.3 is 5.32 Å². The summed E-state index contributed by atoms with van der Waals surface area (Å²) < 4.78 is 13.8. The number of benzene rings is 2. The van der Waals surface area contributed by atoms with Crippen LogP contribution < -0.4 is 5.32 Å². The van der Waals surface area contributed by atoms with Crippen molar-refractivity contribution in [1.82, 2.24) is 5.32 Å². The second-order valence-corrected chi connectivity index (χ2v) is 5.92. The quantitative estimate of drug-likeness (QED) is 0.807. The van der Waals surface area contributed by atoms with E-state index in [0.29, 0.717) is 16.5 Å². The molecule has 0 radical (unpaired) electrons. The van der Waals surface area contributed by atoms with Crippen LogP contribution in [0.5, 0.6) is 0 Å². The van der Waals surface area contributed by atoms with Gasteiger partial charge >= 0.3 is 0 Å². The molecule has 2 rings (SSSR count). The van der Waals surface area contributed by atoms with Gasteiger partial charge in [-0.05, 0) is 55.6 Å². The molecule has 0 amide bonds. The summed E-state index contributed by atoms with van der Waals surface area (Å²) in [5.74, 6) is 0.0960.